The highest BCUT2D eigenvalue weighted by atomic mass is 16.1. The number of allylic oxidation sites excluding steroid dienone is 2. The third kappa shape index (κ3) is 3.35. The molecule has 148 valence electrons. The second kappa shape index (κ2) is 7.82. The molecule has 0 aliphatic heterocycles. The highest BCUT2D eigenvalue weighted by molar-refractivity contribution is 5.85. The van der Waals surface area contributed by atoms with Crippen molar-refractivity contribution in [1.29, 1.82) is 15.8 Å². The first-order chi connectivity index (χ1) is 15.1. The number of benzene rings is 2. The molecular weight excluding hydrogens is 392 g/mol. The fourth-order valence-corrected chi connectivity index (χ4v) is 3.29. The maximum atomic E-state index is 13.2. The molecule has 0 aliphatic rings. The van der Waals surface area contributed by atoms with Crippen LogP contribution in [0.1, 0.15) is 6.92 Å². The Morgan fingerprint density at radius 1 is 1.00 bits per heavy atom. The first kappa shape index (κ1) is 19.4. The number of aryl methyl sites for hydroxylation is 1. The molecule has 0 spiro atoms. The van der Waals surface area contributed by atoms with Crippen LogP contribution in [0.2, 0.25) is 0 Å². The summed E-state index contributed by atoms with van der Waals surface area (Å²) >= 11 is 0. The van der Waals surface area contributed by atoms with Crippen molar-refractivity contribution >= 4 is 27.6 Å². The summed E-state index contributed by atoms with van der Waals surface area (Å²) in [7, 11) is 0. The zero-order valence-corrected chi connectivity index (χ0v) is 16.4. The SMILES string of the molecule is CCn1c(=O)c(-n2nc3ccccc3n2)cc2ccc(NC(C#N)=C(C#N)C#N)cc21. The Hall–Kier alpha value is -4.94. The molecule has 0 aliphatic carbocycles. The molecule has 0 radical (unpaired) electrons. The zero-order chi connectivity index (χ0) is 22.0. The monoisotopic (exact) mass is 406 g/mol. The number of nitrogens with one attached hydrogen (secondary N) is 1. The summed E-state index contributed by atoms with van der Waals surface area (Å²) < 4.78 is 1.58. The Morgan fingerprint density at radius 2 is 1.68 bits per heavy atom. The Balaban J connectivity index is 1.87. The zero-order valence-electron chi connectivity index (χ0n) is 16.4. The van der Waals surface area contributed by atoms with Crippen molar-refractivity contribution in [1.82, 2.24) is 19.6 Å². The van der Waals surface area contributed by atoms with Gasteiger partial charge in [-0.05, 0) is 37.3 Å². The summed E-state index contributed by atoms with van der Waals surface area (Å²) in [6.45, 7) is 2.25. The van der Waals surface area contributed by atoms with Gasteiger partial charge in [-0.15, -0.1) is 15.0 Å². The number of rotatable bonds is 4. The van der Waals surface area contributed by atoms with E-state index in [0.717, 1.165) is 5.39 Å². The lowest BCUT2D eigenvalue weighted by molar-refractivity contribution is 0.708. The minimum atomic E-state index is -0.317. The number of hydrogen-bond acceptors (Lipinski definition) is 7. The third-order valence-electron chi connectivity index (χ3n) is 4.75. The maximum Gasteiger partial charge on any atom is 0.278 e. The molecule has 0 amide bonds. The van der Waals surface area contributed by atoms with Gasteiger partial charge in [-0.1, -0.05) is 18.2 Å². The predicted octanol–water partition coefficient (Wildman–Crippen LogP) is 2.99. The van der Waals surface area contributed by atoms with Gasteiger partial charge in [0.05, 0.1) is 5.52 Å². The molecule has 0 unspecified atom stereocenters. The molecule has 9 nitrogen and oxygen atoms in total. The van der Waals surface area contributed by atoms with Gasteiger partial charge in [0, 0.05) is 17.6 Å². The van der Waals surface area contributed by atoms with Crippen LogP contribution in [0.3, 0.4) is 0 Å². The molecule has 2 heterocycles. The van der Waals surface area contributed by atoms with Gasteiger partial charge in [0.25, 0.3) is 5.56 Å². The smallest absolute Gasteiger partial charge is 0.278 e. The van der Waals surface area contributed by atoms with Gasteiger partial charge in [0.2, 0.25) is 0 Å². The van der Waals surface area contributed by atoms with Gasteiger partial charge in [0.15, 0.2) is 11.3 Å². The number of fused-ring (bicyclic) bond motifs is 2. The predicted molar refractivity (Wildman–Crippen MR) is 114 cm³/mol. The normalized spacial score (nSPS) is 10.3. The van der Waals surface area contributed by atoms with Crippen molar-refractivity contribution in [3.63, 3.8) is 0 Å². The molecule has 9 heteroatoms. The molecule has 0 atom stereocenters. The summed E-state index contributed by atoms with van der Waals surface area (Å²) in [6.07, 6.45) is 0. The summed E-state index contributed by atoms with van der Waals surface area (Å²) in [5.74, 6) is 0. The molecule has 0 saturated heterocycles. The highest BCUT2D eigenvalue weighted by Crippen LogP contribution is 2.22. The number of hydrogen-bond donors (Lipinski definition) is 1. The lowest BCUT2D eigenvalue weighted by atomic mass is 10.1. The van der Waals surface area contributed by atoms with Gasteiger partial charge in [-0.25, -0.2) is 0 Å². The van der Waals surface area contributed by atoms with Gasteiger partial charge in [-0.3, -0.25) is 4.79 Å². The minimum absolute atomic E-state index is 0.154. The molecule has 1 N–H and O–H groups in total. The van der Waals surface area contributed by atoms with Crippen molar-refractivity contribution in [3.05, 3.63) is 70.2 Å². The summed E-state index contributed by atoms with van der Waals surface area (Å²) in [6, 6.07) is 19.5. The largest absolute Gasteiger partial charge is 0.345 e. The van der Waals surface area contributed by atoms with E-state index in [-0.39, 0.29) is 16.8 Å². The van der Waals surface area contributed by atoms with E-state index >= 15 is 0 Å². The van der Waals surface area contributed by atoms with E-state index in [4.69, 9.17) is 10.5 Å². The van der Waals surface area contributed by atoms with Gasteiger partial charge in [0.1, 0.15) is 34.9 Å². The number of nitriles is 3. The molecule has 4 rings (SSSR count). The van der Waals surface area contributed by atoms with E-state index in [2.05, 4.69) is 15.5 Å². The first-order valence-corrected chi connectivity index (χ1v) is 9.31. The van der Waals surface area contributed by atoms with E-state index in [1.165, 1.54) is 4.80 Å². The van der Waals surface area contributed by atoms with E-state index in [1.807, 2.05) is 37.3 Å². The summed E-state index contributed by atoms with van der Waals surface area (Å²) in [4.78, 5) is 14.5. The lowest BCUT2D eigenvalue weighted by Gasteiger charge is -2.13. The van der Waals surface area contributed by atoms with Crippen LogP contribution in [0.25, 0.3) is 27.6 Å². The first-order valence-electron chi connectivity index (χ1n) is 9.31. The molecule has 0 saturated carbocycles. The average Bonchev–Trinajstić information content (AvgIpc) is 3.22. The Morgan fingerprint density at radius 3 is 2.26 bits per heavy atom. The fourth-order valence-electron chi connectivity index (χ4n) is 3.29. The van der Waals surface area contributed by atoms with Crippen LogP contribution in [0, 0.1) is 34.0 Å². The Kier molecular flexibility index (Phi) is 4.89. The van der Waals surface area contributed by atoms with Crippen molar-refractivity contribution in [2.45, 2.75) is 13.5 Å². The quantitative estimate of drug-likeness (QED) is 0.514. The Bertz CT molecular complexity index is 1500. The van der Waals surface area contributed by atoms with Gasteiger partial charge in [-0.2, -0.15) is 15.8 Å². The van der Waals surface area contributed by atoms with Gasteiger partial charge >= 0.3 is 0 Å². The summed E-state index contributed by atoms with van der Waals surface area (Å²) in [5, 5.41) is 39.6. The van der Waals surface area contributed by atoms with Gasteiger partial charge < -0.3 is 9.88 Å². The van der Waals surface area contributed by atoms with Crippen LogP contribution >= 0.6 is 0 Å². The highest BCUT2D eigenvalue weighted by Gasteiger charge is 2.14. The van der Waals surface area contributed by atoms with Crippen LogP contribution in [0.5, 0.6) is 0 Å². The van der Waals surface area contributed by atoms with Crippen LogP contribution in [-0.2, 0) is 6.54 Å². The van der Waals surface area contributed by atoms with E-state index in [1.54, 1.807) is 41.0 Å². The van der Waals surface area contributed by atoms with Crippen LogP contribution in [-0.4, -0.2) is 19.6 Å². The molecular formula is C22H14N8O. The number of anilines is 1. The minimum Gasteiger partial charge on any atom is -0.345 e. The molecule has 2 aromatic carbocycles. The van der Waals surface area contributed by atoms with Crippen LogP contribution in [0.4, 0.5) is 5.69 Å². The molecule has 4 aromatic rings. The average molecular weight is 406 g/mol. The van der Waals surface area contributed by atoms with E-state index in [0.29, 0.717) is 34.5 Å². The number of aromatic nitrogens is 4. The topological polar surface area (TPSA) is 136 Å². The van der Waals surface area contributed by atoms with Crippen LogP contribution < -0.4 is 10.9 Å². The fraction of sp³-hybridized carbons (Fsp3) is 0.0909. The van der Waals surface area contributed by atoms with E-state index in [9.17, 15) is 10.1 Å². The number of pyridine rings is 1. The molecule has 0 bridgehead atoms. The van der Waals surface area contributed by atoms with Crippen molar-refractivity contribution < 1.29 is 0 Å². The second-order valence-electron chi connectivity index (χ2n) is 6.54. The van der Waals surface area contributed by atoms with Crippen molar-refractivity contribution in [2.24, 2.45) is 0 Å². The third-order valence-corrected chi connectivity index (χ3v) is 4.75. The Labute approximate surface area is 176 Å². The molecule has 31 heavy (non-hydrogen) atoms. The molecule has 0 fully saturated rings. The standard InChI is InChI=1S/C22H14N8O/c1-2-29-20-10-16(26-19(13-25)15(11-23)12-24)8-7-14(20)9-21(22(29)31)30-27-17-5-3-4-6-18(17)28-30/h3-10,26H,2H2,1H3. The van der Waals surface area contributed by atoms with Crippen molar-refractivity contribution in [2.75, 3.05) is 5.32 Å². The van der Waals surface area contributed by atoms with E-state index < -0.39 is 0 Å². The second-order valence-corrected chi connectivity index (χ2v) is 6.54. The summed E-state index contributed by atoms with van der Waals surface area (Å²) in [5.41, 5.74) is 2.06. The maximum absolute atomic E-state index is 13.2. The van der Waals surface area contributed by atoms with Crippen molar-refractivity contribution in [3.8, 4) is 23.9 Å². The van der Waals surface area contributed by atoms with Crippen LogP contribution in [0.15, 0.2) is 64.6 Å². The molecule has 2 aromatic heterocycles. The lowest BCUT2D eigenvalue weighted by Crippen LogP contribution is -2.25. The number of nitrogens with zero attached hydrogens (tertiary/aromatic N) is 7.